The van der Waals surface area contributed by atoms with E-state index < -0.39 is 0 Å². The van der Waals surface area contributed by atoms with E-state index in [0.717, 1.165) is 25.7 Å². The van der Waals surface area contributed by atoms with Crippen molar-refractivity contribution >= 4 is 26.8 Å². The summed E-state index contributed by atoms with van der Waals surface area (Å²) < 4.78 is 5.02. The summed E-state index contributed by atoms with van der Waals surface area (Å²) >= 11 is 0. The number of nitrogens with zero attached hydrogens (tertiary/aromatic N) is 3. The number of hydrogen-bond donors (Lipinski definition) is 0. The molecule has 0 amide bonds. The summed E-state index contributed by atoms with van der Waals surface area (Å²) in [6, 6.07) is 22.0. The van der Waals surface area contributed by atoms with Crippen molar-refractivity contribution < 1.29 is 0 Å². The molecule has 2 aromatic rings. The van der Waals surface area contributed by atoms with Crippen LogP contribution in [0.15, 0.2) is 60.7 Å². The van der Waals surface area contributed by atoms with Crippen molar-refractivity contribution in [2.24, 2.45) is 0 Å². The van der Waals surface area contributed by atoms with Crippen molar-refractivity contribution in [3.63, 3.8) is 0 Å². The number of rotatable bonds is 10. The topological polar surface area (TPSA) is 9.72 Å². The lowest BCUT2D eigenvalue weighted by Crippen LogP contribution is -2.32. The van der Waals surface area contributed by atoms with Gasteiger partial charge in [-0.05, 0) is 44.8 Å². The van der Waals surface area contributed by atoms with Crippen LogP contribution in [0.1, 0.15) is 13.8 Å². The predicted octanol–water partition coefficient (Wildman–Crippen LogP) is 4.18. The van der Waals surface area contributed by atoms with Gasteiger partial charge in [-0.25, -0.2) is 0 Å². The molecule has 0 N–H and O–H groups in total. The average molecular weight is 389 g/mol. The van der Waals surface area contributed by atoms with Crippen molar-refractivity contribution in [1.82, 2.24) is 14.2 Å². The fraction of sp³-hybridized carbons (Fsp3) is 0.429. The molecular formula is C21H33N3P2. The minimum Gasteiger partial charge on any atom is -0.295 e. The Morgan fingerprint density at radius 2 is 0.962 bits per heavy atom. The molecule has 0 aromatic heterocycles. The molecule has 142 valence electrons. The molecule has 0 heterocycles. The zero-order valence-electron chi connectivity index (χ0n) is 16.8. The molecule has 3 nitrogen and oxygen atoms in total. The molecule has 0 saturated carbocycles. The second-order valence-electron chi connectivity index (χ2n) is 6.56. The Balaban J connectivity index is 2.13. The summed E-state index contributed by atoms with van der Waals surface area (Å²) in [5, 5.41) is 2.93. The summed E-state index contributed by atoms with van der Waals surface area (Å²) in [7, 11) is 6.13. The lowest BCUT2D eigenvalue weighted by atomic mass is 10.4. The Morgan fingerprint density at radius 1 is 0.615 bits per heavy atom. The molecule has 26 heavy (non-hydrogen) atoms. The third-order valence-electron chi connectivity index (χ3n) is 4.60. The van der Waals surface area contributed by atoms with Crippen LogP contribution in [-0.2, 0) is 0 Å². The Bertz CT molecular complexity index is 568. The van der Waals surface area contributed by atoms with Gasteiger partial charge in [-0.2, -0.15) is 0 Å². The van der Waals surface area contributed by atoms with Gasteiger partial charge in [0.25, 0.3) is 0 Å². The molecule has 2 unspecified atom stereocenters. The Labute approximate surface area is 162 Å². The molecular weight excluding hydrogens is 356 g/mol. The van der Waals surface area contributed by atoms with Crippen molar-refractivity contribution in [2.45, 2.75) is 13.8 Å². The maximum absolute atomic E-state index is 2.54. The minimum absolute atomic E-state index is 0.328. The van der Waals surface area contributed by atoms with Gasteiger partial charge in [0.1, 0.15) is 0 Å². The van der Waals surface area contributed by atoms with Crippen LogP contribution < -0.4 is 10.6 Å². The number of hydrogen-bond acceptors (Lipinski definition) is 3. The molecule has 2 atom stereocenters. The summed E-state index contributed by atoms with van der Waals surface area (Å²) in [5.41, 5.74) is 0. The Morgan fingerprint density at radius 3 is 1.27 bits per heavy atom. The highest BCUT2D eigenvalue weighted by molar-refractivity contribution is 7.64. The molecule has 0 bridgehead atoms. The van der Waals surface area contributed by atoms with Gasteiger partial charge in [0.05, 0.1) is 0 Å². The van der Waals surface area contributed by atoms with Crippen LogP contribution in [0, 0.1) is 0 Å². The fourth-order valence-electron chi connectivity index (χ4n) is 2.82. The Hall–Kier alpha value is -0.820. The predicted molar refractivity (Wildman–Crippen MR) is 120 cm³/mol. The SMILES string of the molecule is CCN(C)P(CN(C)CP(c1ccccc1)N(C)CC)c1ccccc1. The lowest BCUT2D eigenvalue weighted by Gasteiger charge is -2.35. The molecule has 0 aliphatic rings. The van der Waals surface area contributed by atoms with E-state index in [4.69, 9.17) is 0 Å². The van der Waals surface area contributed by atoms with E-state index in [1.807, 2.05) is 0 Å². The zero-order valence-corrected chi connectivity index (χ0v) is 18.6. The molecule has 0 aliphatic heterocycles. The van der Waals surface area contributed by atoms with Gasteiger partial charge in [-0.15, -0.1) is 0 Å². The maximum Gasteiger partial charge on any atom is 0.0360 e. The molecule has 0 spiro atoms. The van der Waals surface area contributed by atoms with E-state index in [2.05, 4.69) is 110 Å². The monoisotopic (exact) mass is 389 g/mol. The first-order valence-electron chi connectivity index (χ1n) is 9.32. The first-order valence-corrected chi connectivity index (χ1v) is 12.3. The second-order valence-corrected chi connectivity index (χ2v) is 11.1. The van der Waals surface area contributed by atoms with Gasteiger partial charge in [0.2, 0.25) is 0 Å². The van der Waals surface area contributed by atoms with Crippen molar-refractivity contribution in [1.29, 1.82) is 0 Å². The van der Waals surface area contributed by atoms with E-state index in [0.29, 0.717) is 0 Å². The molecule has 5 heteroatoms. The third kappa shape index (κ3) is 6.12. The van der Waals surface area contributed by atoms with Crippen molar-refractivity contribution in [3.05, 3.63) is 60.7 Å². The van der Waals surface area contributed by atoms with Crippen LogP contribution in [0.2, 0.25) is 0 Å². The van der Waals surface area contributed by atoms with Crippen LogP contribution in [-0.4, -0.2) is 61.0 Å². The molecule has 0 radical (unpaired) electrons. The van der Waals surface area contributed by atoms with E-state index in [1.54, 1.807) is 0 Å². The van der Waals surface area contributed by atoms with Gasteiger partial charge >= 0.3 is 0 Å². The molecule has 2 aromatic carbocycles. The van der Waals surface area contributed by atoms with Crippen molar-refractivity contribution in [3.8, 4) is 0 Å². The minimum atomic E-state index is -0.328. The van der Waals surface area contributed by atoms with Crippen LogP contribution in [0.5, 0.6) is 0 Å². The molecule has 0 fully saturated rings. The van der Waals surface area contributed by atoms with Gasteiger partial charge in [0, 0.05) is 28.7 Å². The summed E-state index contributed by atoms with van der Waals surface area (Å²) in [4.78, 5) is 2.54. The summed E-state index contributed by atoms with van der Waals surface area (Å²) in [6.07, 6.45) is 2.21. The first kappa shape index (κ1) is 21.5. The van der Waals surface area contributed by atoms with E-state index in [1.165, 1.54) is 10.6 Å². The first-order chi connectivity index (χ1) is 12.6. The molecule has 0 saturated heterocycles. The van der Waals surface area contributed by atoms with Gasteiger partial charge in [0.15, 0.2) is 0 Å². The van der Waals surface area contributed by atoms with E-state index in [9.17, 15) is 0 Å². The summed E-state index contributed by atoms with van der Waals surface area (Å²) in [5.74, 6) is 0. The second kappa shape index (κ2) is 11.1. The average Bonchev–Trinajstić information content (AvgIpc) is 2.70. The number of benzene rings is 2. The highest BCUT2D eigenvalue weighted by atomic mass is 31.1. The maximum atomic E-state index is 2.54. The largest absolute Gasteiger partial charge is 0.295 e. The summed E-state index contributed by atoms with van der Waals surface area (Å²) in [6.45, 7) is 6.66. The zero-order chi connectivity index (χ0) is 18.9. The van der Waals surface area contributed by atoms with Crippen LogP contribution in [0.3, 0.4) is 0 Å². The standard InChI is InChI=1S/C21H33N3P2/c1-6-23(4)25(20-14-10-8-11-15-20)18-22(3)19-26(24(5)7-2)21-16-12-9-13-17-21/h8-17H,6-7,18-19H2,1-5H3. The van der Waals surface area contributed by atoms with Crippen LogP contribution in [0.25, 0.3) is 0 Å². The van der Waals surface area contributed by atoms with E-state index >= 15 is 0 Å². The van der Waals surface area contributed by atoms with Crippen LogP contribution >= 0.6 is 16.1 Å². The highest BCUT2D eigenvalue weighted by Crippen LogP contribution is 2.42. The fourth-order valence-corrected chi connectivity index (χ4v) is 7.35. The third-order valence-corrected chi connectivity index (χ3v) is 10.1. The van der Waals surface area contributed by atoms with Crippen LogP contribution in [0.4, 0.5) is 0 Å². The van der Waals surface area contributed by atoms with Gasteiger partial charge in [-0.3, -0.25) is 14.2 Å². The quantitative estimate of drug-likeness (QED) is 0.565. The van der Waals surface area contributed by atoms with Crippen molar-refractivity contribution in [2.75, 3.05) is 46.8 Å². The van der Waals surface area contributed by atoms with Gasteiger partial charge < -0.3 is 0 Å². The van der Waals surface area contributed by atoms with E-state index in [-0.39, 0.29) is 16.1 Å². The normalized spacial score (nSPS) is 14.2. The smallest absolute Gasteiger partial charge is 0.0360 e. The molecule has 0 aliphatic carbocycles. The Kier molecular flexibility index (Phi) is 9.19. The lowest BCUT2D eigenvalue weighted by molar-refractivity contribution is 0.436. The highest BCUT2D eigenvalue weighted by Gasteiger charge is 2.22. The van der Waals surface area contributed by atoms with Gasteiger partial charge in [-0.1, -0.05) is 74.5 Å². The molecule has 2 rings (SSSR count).